The van der Waals surface area contributed by atoms with Crippen molar-refractivity contribution in [1.82, 2.24) is 14.8 Å². The number of hydrogen-bond donors (Lipinski definition) is 0. The van der Waals surface area contributed by atoms with Gasteiger partial charge in [0.25, 0.3) is 0 Å². The maximum absolute atomic E-state index is 11.6. The Kier molecular flexibility index (Phi) is 2.17. The Morgan fingerprint density at radius 1 is 1.55 bits per heavy atom. The summed E-state index contributed by atoms with van der Waals surface area (Å²) in [5.41, 5.74) is 0. The molecule has 62 valence electrons. The first kappa shape index (κ1) is 8.51. The average molecular weight is 230 g/mol. The average Bonchev–Trinajstić information content (AvgIpc) is 2.10. The molecular formula is C4H3BrF3N3. The van der Waals surface area contributed by atoms with Crippen LogP contribution in [-0.2, 0) is 6.54 Å². The van der Waals surface area contributed by atoms with Crippen molar-refractivity contribution in [2.75, 3.05) is 0 Å². The van der Waals surface area contributed by atoms with Crippen molar-refractivity contribution < 1.29 is 13.2 Å². The molecule has 11 heavy (non-hydrogen) atoms. The number of halogens is 4. The van der Waals surface area contributed by atoms with Gasteiger partial charge < -0.3 is 0 Å². The lowest BCUT2D eigenvalue weighted by atomic mass is 10.6. The highest BCUT2D eigenvalue weighted by molar-refractivity contribution is 9.10. The van der Waals surface area contributed by atoms with E-state index in [1.807, 2.05) is 0 Å². The lowest BCUT2D eigenvalue weighted by Gasteiger charge is -2.03. The van der Waals surface area contributed by atoms with Gasteiger partial charge in [0.2, 0.25) is 4.73 Å². The first-order chi connectivity index (χ1) is 4.97. The largest absolute Gasteiger partial charge is 0.408 e. The summed E-state index contributed by atoms with van der Waals surface area (Å²) < 4.78 is 35.8. The molecule has 0 spiro atoms. The zero-order valence-electron chi connectivity index (χ0n) is 5.14. The molecule has 1 rings (SSSR count). The quantitative estimate of drug-likeness (QED) is 0.733. The Morgan fingerprint density at radius 3 is 2.55 bits per heavy atom. The number of alkyl halides is 3. The molecule has 3 nitrogen and oxygen atoms in total. The fourth-order valence-electron chi connectivity index (χ4n) is 0.532. The first-order valence-corrected chi connectivity index (χ1v) is 3.38. The van der Waals surface area contributed by atoms with E-state index >= 15 is 0 Å². The second-order valence-electron chi connectivity index (χ2n) is 1.83. The molecule has 0 atom stereocenters. The van der Waals surface area contributed by atoms with Crippen LogP contribution in [0.4, 0.5) is 13.2 Å². The maximum Gasteiger partial charge on any atom is 0.408 e. The molecule has 1 aromatic rings. The maximum atomic E-state index is 11.6. The standard InChI is InChI=1S/C4H3BrF3N3/c5-3-9-2-11(10-3)1-4(6,7)8/h2H,1H2. The molecule has 0 aliphatic heterocycles. The van der Waals surface area contributed by atoms with Crippen LogP contribution in [-0.4, -0.2) is 20.9 Å². The van der Waals surface area contributed by atoms with Gasteiger partial charge in [0.15, 0.2) is 0 Å². The summed E-state index contributed by atoms with van der Waals surface area (Å²) in [6.07, 6.45) is -3.23. The Morgan fingerprint density at radius 2 is 2.18 bits per heavy atom. The number of hydrogen-bond acceptors (Lipinski definition) is 2. The van der Waals surface area contributed by atoms with Crippen molar-refractivity contribution in [3.8, 4) is 0 Å². The third-order valence-corrected chi connectivity index (χ3v) is 1.21. The Balaban J connectivity index is 2.65. The lowest BCUT2D eigenvalue weighted by molar-refractivity contribution is -0.142. The van der Waals surface area contributed by atoms with E-state index in [1.54, 1.807) is 0 Å². The van der Waals surface area contributed by atoms with Gasteiger partial charge in [-0.05, 0) is 15.9 Å². The summed E-state index contributed by atoms with van der Waals surface area (Å²) in [5, 5.41) is 3.40. The van der Waals surface area contributed by atoms with E-state index in [0.29, 0.717) is 4.68 Å². The SMILES string of the molecule is FC(F)(F)Cn1cnc(Br)n1. The van der Waals surface area contributed by atoms with Crippen molar-refractivity contribution in [3.05, 3.63) is 11.1 Å². The zero-order chi connectivity index (χ0) is 8.48. The fourth-order valence-corrected chi connectivity index (χ4v) is 0.827. The topological polar surface area (TPSA) is 30.7 Å². The van der Waals surface area contributed by atoms with E-state index in [2.05, 4.69) is 26.0 Å². The lowest BCUT2D eigenvalue weighted by Crippen LogP contribution is -2.17. The number of nitrogens with zero attached hydrogens (tertiary/aromatic N) is 3. The van der Waals surface area contributed by atoms with Crippen LogP contribution in [0.15, 0.2) is 11.1 Å². The molecule has 7 heteroatoms. The van der Waals surface area contributed by atoms with E-state index < -0.39 is 12.7 Å². The van der Waals surface area contributed by atoms with Crippen molar-refractivity contribution in [1.29, 1.82) is 0 Å². The van der Waals surface area contributed by atoms with E-state index in [-0.39, 0.29) is 4.73 Å². The van der Waals surface area contributed by atoms with Gasteiger partial charge in [-0.1, -0.05) is 0 Å². The fraction of sp³-hybridized carbons (Fsp3) is 0.500. The van der Waals surface area contributed by atoms with E-state index in [0.717, 1.165) is 6.33 Å². The highest BCUT2D eigenvalue weighted by atomic mass is 79.9. The molecule has 0 radical (unpaired) electrons. The van der Waals surface area contributed by atoms with Crippen molar-refractivity contribution in [2.45, 2.75) is 12.7 Å². The van der Waals surface area contributed by atoms with Gasteiger partial charge in [0, 0.05) is 0 Å². The highest BCUT2D eigenvalue weighted by Gasteiger charge is 2.28. The van der Waals surface area contributed by atoms with Crippen LogP contribution >= 0.6 is 15.9 Å². The number of aromatic nitrogens is 3. The second kappa shape index (κ2) is 2.80. The molecule has 0 fully saturated rings. The van der Waals surface area contributed by atoms with Crippen LogP contribution in [0.25, 0.3) is 0 Å². The molecular weight excluding hydrogens is 227 g/mol. The molecule has 0 aliphatic rings. The Labute approximate surface area is 68.4 Å². The highest BCUT2D eigenvalue weighted by Crippen LogP contribution is 2.16. The van der Waals surface area contributed by atoms with E-state index in [1.165, 1.54) is 0 Å². The molecule has 0 unspecified atom stereocenters. The van der Waals surface area contributed by atoms with Crippen molar-refractivity contribution in [2.24, 2.45) is 0 Å². The Hall–Kier alpha value is -0.590. The van der Waals surface area contributed by atoms with E-state index in [9.17, 15) is 13.2 Å². The van der Waals surface area contributed by atoms with Crippen molar-refractivity contribution >= 4 is 15.9 Å². The predicted molar refractivity (Wildman–Crippen MR) is 33.8 cm³/mol. The summed E-state index contributed by atoms with van der Waals surface area (Å²) in [5.74, 6) is 0. The minimum absolute atomic E-state index is 0.154. The third kappa shape index (κ3) is 2.87. The zero-order valence-corrected chi connectivity index (χ0v) is 6.72. The molecule has 0 saturated heterocycles. The van der Waals surface area contributed by atoms with Crippen LogP contribution in [0.3, 0.4) is 0 Å². The minimum Gasteiger partial charge on any atom is -0.243 e. The van der Waals surface area contributed by atoms with Crippen LogP contribution in [0.5, 0.6) is 0 Å². The smallest absolute Gasteiger partial charge is 0.243 e. The van der Waals surface area contributed by atoms with Gasteiger partial charge in [-0.25, -0.2) is 9.67 Å². The molecule has 0 N–H and O–H groups in total. The molecule has 1 heterocycles. The first-order valence-electron chi connectivity index (χ1n) is 2.59. The van der Waals surface area contributed by atoms with Gasteiger partial charge in [0.05, 0.1) is 0 Å². The minimum atomic E-state index is -4.24. The van der Waals surface area contributed by atoms with Crippen LogP contribution in [0.2, 0.25) is 0 Å². The Bertz CT molecular complexity index is 243. The van der Waals surface area contributed by atoms with Crippen LogP contribution < -0.4 is 0 Å². The van der Waals surface area contributed by atoms with Crippen LogP contribution in [0, 0.1) is 0 Å². The second-order valence-corrected chi connectivity index (χ2v) is 2.54. The van der Waals surface area contributed by atoms with Gasteiger partial charge >= 0.3 is 6.18 Å². The normalized spacial score (nSPS) is 12.0. The van der Waals surface area contributed by atoms with Gasteiger partial charge in [-0.2, -0.15) is 13.2 Å². The molecule has 0 bridgehead atoms. The van der Waals surface area contributed by atoms with Gasteiger partial charge in [0.1, 0.15) is 12.9 Å². The van der Waals surface area contributed by atoms with Gasteiger partial charge in [-0.3, -0.25) is 0 Å². The van der Waals surface area contributed by atoms with Crippen molar-refractivity contribution in [3.63, 3.8) is 0 Å². The summed E-state index contributed by atoms with van der Waals surface area (Å²) in [7, 11) is 0. The molecule has 0 saturated carbocycles. The third-order valence-electron chi connectivity index (χ3n) is 0.850. The molecule has 0 aromatic carbocycles. The summed E-state index contributed by atoms with van der Waals surface area (Å²) >= 11 is 2.83. The van der Waals surface area contributed by atoms with Crippen LogP contribution in [0.1, 0.15) is 0 Å². The monoisotopic (exact) mass is 229 g/mol. The summed E-state index contributed by atoms with van der Waals surface area (Å²) in [4.78, 5) is 3.47. The molecule has 0 amide bonds. The van der Waals surface area contributed by atoms with E-state index in [4.69, 9.17) is 0 Å². The molecule has 0 aliphatic carbocycles. The summed E-state index contributed by atoms with van der Waals surface area (Å²) in [6, 6.07) is 0. The van der Waals surface area contributed by atoms with Gasteiger partial charge in [-0.15, -0.1) is 5.10 Å². The number of rotatable bonds is 1. The summed E-state index contributed by atoms with van der Waals surface area (Å²) in [6.45, 7) is -1.11. The predicted octanol–water partition coefficient (Wildman–Crippen LogP) is 1.60. The molecule has 1 aromatic heterocycles.